The van der Waals surface area contributed by atoms with E-state index in [1.54, 1.807) is 0 Å². The molecule has 1 aromatic heterocycles. The zero-order valence-electron chi connectivity index (χ0n) is 23.6. The number of aromatic nitrogens is 1. The summed E-state index contributed by atoms with van der Waals surface area (Å²) in [5.41, 5.74) is 3.28. The molecule has 2 heterocycles. The highest BCUT2D eigenvalue weighted by Gasteiger charge is 2.49. The zero-order valence-corrected chi connectivity index (χ0v) is 23.6. The van der Waals surface area contributed by atoms with Gasteiger partial charge in [-0.2, -0.15) is 0 Å². The summed E-state index contributed by atoms with van der Waals surface area (Å²) in [6.45, 7) is 9.45. The first-order chi connectivity index (χ1) is 19.3. The van der Waals surface area contributed by atoms with E-state index < -0.39 is 5.41 Å². The van der Waals surface area contributed by atoms with Gasteiger partial charge in [-0.1, -0.05) is 80.0 Å². The molecule has 210 valence electrons. The maximum atomic E-state index is 13.2. The number of amides is 1. The van der Waals surface area contributed by atoms with Crippen molar-refractivity contribution in [1.82, 2.24) is 15.4 Å². The number of benzene rings is 2. The van der Waals surface area contributed by atoms with Gasteiger partial charge in [0.05, 0.1) is 11.0 Å². The van der Waals surface area contributed by atoms with Gasteiger partial charge in [-0.05, 0) is 61.9 Å². The molecule has 0 radical (unpaired) electrons. The Balaban J connectivity index is 1.61. The fourth-order valence-corrected chi connectivity index (χ4v) is 6.07. The first-order valence-electron chi connectivity index (χ1n) is 14.3. The van der Waals surface area contributed by atoms with Crippen molar-refractivity contribution in [3.8, 4) is 11.1 Å². The van der Waals surface area contributed by atoms with Gasteiger partial charge >= 0.3 is 0 Å². The Hall–Kier alpha value is -3.84. The number of carbonyl (C=O) groups is 1. The Bertz CT molecular complexity index is 1400. The van der Waals surface area contributed by atoms with Gasteiger partial charge in [0.2, 0.25) is 0 Å². The molecular weight excluding hydrogens is 502 g/mol. The largest absolute Gasteiger partial charge is 0.511 e. The van der Waals surface area contributed by atoms with E-state index in [0.29, 0.717) is 23.4 Å². The van der Waals surface area contributed by atoms with Crippen LogP contribution in [0.5, 0.6) is 0 Å². The lowest BCUT2D eigenvalue weighted by atomic mass is 9.64. The second kappa shape index (κ2) is 11.7. The standard InChI is InChI=1S/C33H39N3O4/c1-4-34-32(39)30-29(25-15-13-23(14-16-25)21-36-17-9-6-10-18-36)31(40-35-30)33(22(2)3)20-26(27(37)19-28(33)38)24-11-7-5-8-12-24/h5,7-8,11-16,19,22,37-38H,4,6,9-10,17-18,20-21H2,1-3H3,(H,34,39). The van der Waals surface area contributed by atoms with Gasteiger partial charge in [-0.25, -0.2) is 0 Å². The summed E-state index contributed by atoms with van der Waals surface area (Å²) < 4.78 is 6.04. The Morgan fingerprint density at radius 3 is 2.38 bits per heavy atom. The van der Waals surface area contributed by atoms with Crippen LogP contribution in [0.25, 0.3) is 16.7 Å². The molecule has 0 bridgehead atoms. The van der Waals surface area contributed by atoms with Crippen LogP contribution in [0.4, 0.5) is 0 Å². The average molecular weight is 542 g/mol. The summed E-state index contributed by atoms with van der Waals surface area (Å²) in [4.78, 5) is 15.7. The van der Waals surface area contributed by atoms with Crippen LogP contribution >= 0.6 is 0 Å². The van der Waals surface area contributed by atoms with Crippen LogP contribution in [0.2, 0.25) is 0 Å². The molecule has 0 spiro atoms. The predicted octanol–water partition coefficient (Wildman–Crippen LogP) is 6.79. The minimum Gasteiger partial charge on any atom is -0.511 e. The molecule has 1 unspecified atom stereocenters. The topological polar surface area (TPSA) is 98.8 Å². The van der Waals surface area contributed by atoms with E-state index >= 15 is 0 Å². The Morgan fingerprint density at radius 1 is 1.02 bits per heavy atom. The zero-order chi connectivity index (χ0) is 28.3. The number of nitrogens with one attached hydrogen (secondary N) is 1. The number of aliphatic hydroxyl groups excluding tert-OH is 2. The summed E-state index contributed by atoms with van der Waals surface area (Å²) in [5, 5.41) is 29.5. The molecule has 3 aromatic rings. The summed E-state index contributed by atoms with van der Waals surface area (Å²) >= 11 is 0. The predicted molar refractivity (Wildman–Crippen MR) is 157 cm³/mol. The summed E-state index contributed by atoms with van der Waals surface area (Å²) in [7, 11) is 0. The number of allylic oxidation sites excluding steroid dienone is 3. The van der Waals surface area contributed by atoms with Gasteiger partial charge in [-0.3, -0.25) is 9.69 Å². The van der Waals surface area contributed by atoms with E-state index in [9.17, 15) is 15.0 Å². The Kier molecular flexibility index (Phi) is 8.12. The van der Waals surface area contributed by atoms with Crippen molar-refractivity contribution in [1.29, 1.82) is 0 Å². The Morgan fingerprint density at radius 2 is 1.73 bits per heavy atom. The summed E-state index contributed by atoms with van der Waals surface area (Å²) in [6, 6.07) is 17.9. The molecule has 0 saturated carbocycles. The second-order valence-electron chi connectivity index (χ2n) is 11.2. The molecule has 2 aliphatic rings. The van der Waals surface area contributed by atoms with E-state index in [-0.39, 0.29) is 35.5 Å². The molecular formula is C33H39N3O4. The van der Waals surface area contributed by atoms with Crippen LogP contribution in [0.1, 0.15) is 73.8 Å². The third kappa shape index (κ3) is 5.18. The van der Waals surface area contributed by atoms with Gasteiger partial charge in [0.25, 0.3) is 5.91 Å². The molecule has 1 atom stereocenters. The number of hydrogen-bond donors (Lipinski definition) is 3. The SMILES string of the molecule is CCNC(=O)c1noc(C2(C(C)C)CC(c3ccccc3)=C(O)C=C2O)c1-c1ccc(CN2CCCCC2)cc1. The number of aliphatic hydroxyl groups is 2. The molecule has 5 rings (SSSR count). The second-order valence-corrected chi connectivity index (χ2v) is 11.2. The van der Waals surface area contributed by atoms with Crippen LogP contribution in [0.15, 0.2) is 76.7 Å². The molecule has 1 saturated heterocycles. The molecule has 1 amide bonds. The molecule has 7 nitrogen and oxygen atoms in total. The van der Waals surface area contributed by atoms with Gasteiger partial charge in [-0.15, -0.1) is 0 Å². The third-order valence-electron chi connectivity index (χ3n) is 8.35. The summed E-state index contributed by atoms with van der Waals surface area (Å²) in [5.74, 6) is -0.0528. The van der Waals surface area contributed by atoms with Crippen molar-refractivity contribution in [2.45, 2.75) is 58.4 Å². The molecule has 40 heavy (non-hydrogen) atoms. The lowest BCUT2D eigenvalue weighted by molar-refractivity contribution is 0.0946. The fraction of sp³-hybridized carbons (Fsp3) is 0.394. The number of likely N-dealkylation sites (tertiary alicyclic amines) is 1. The fourth-order valence-electron chi connectivity index (χ4n) is 6.07. The van der Waals surface area contributed by atoms with E-state index in [1.165, 1.54) is 30.9 Å². The molecule has 1 aliphatic carbocycles. The smallest absolute Gasteiger partial charge is 0.274 e. The van der Waals surface area contributed by atoms with E-state index in [0.717, 1.165) is 30.8 Å². The van der Waals surface area contributed by atoms with Gasteiger partial charge in [0, 0.05) is 24.7 Å². The van der Waals surface area contributed by atoms with Gasteiger partial charge < -0.3 is 20.1 Å². The molecule has 1 fully saturated rings. The number of hydrogen-bond acceptors (Lipinski definition) is 6. The van der Waals surface area contributed by atoms with Crippen molar-refractivity contribution in [2.75, 3.05) is 19.6 Å². The van der Waals surface area contributed by atoms with Crippen LogP contribution in [-0.2, 0) is 12.0 Å². The molecule has 7 heteroatoms. The van der Waals surface area contributed by atoms with Gasteiger partial charge in [0.1, 0.15) is 11.5 Å². The number of nitrogens with zero attached hydrogens (tertiary/aromatic N) is 2. The average Bonchev–Trinajstić information content (AvgIpc) is 3.40. The maximum Gasteiger partial charge on any atom is 0.274 e. The van der Waals surface area contributed by atoms with Crippen molar-refractivity contribution in [3.63, 3.8) is 0 Å². The van der Waals surface area contributed by atoms with Crippen LogP contribution < -0.4 is 5.32 Å². The number of rotatable bonds is 8. The number of carbonyl (C=O) groups excluding carboxylic acids is 1. The number of piperidine rings is 1. The van der Waals surface area contributed by atoms with Crippen molar-refractivity contribution in [3.05, 3.63) is 94.8 Å². The van der Waals surface area contributed by atoms with Crippen molar-refractivity contribution < 1.29 is 19.5 Å². The van der Waals surface area contributed by atoms with Crippen LogP contribution in [-0.4, -0.2) is 45.8 Å². The highest BCUT2D eigenvalue weighted by atomic mass is 16.5. The third-order valence-corrected chi connectivity index (χ3v) is 8.35. The monoisotopic (exact) mass is 541 g/mol. The van der Waals surface area contributed by atoms with Crippen molar-refractivity contribution >= 4 is 11.5 Å². The van der Waals surface area contributed by atoms with E-state index in [2.05, 4.69) is 27.5 Å². The molecule has 1 aliphatic heterocycles. The minimum atomic E-state index is -1.04. The Labute approximate surface area is 236 Å². The minimum absolute atomic E-state index is 0.0127. The molecule has 2 aromatic carbocycles. The quantitative estimate of drug-likeness (QED) is 0.291. The lowest BCUT2D eigenvalue weighted by Crippen LogP contribution is -2.37. The highest BCUT2D eigenvalue weighted by Crippen LogP contribution is 2.52. The van der Waals surface area contributed by atoms with Crippen LogP contribution in [0.3, 0.4) is 0 Å². The lowest BCUT2D eigenvalue weighted by Gasteiger charge is -2.38. The highest BCUT2D eigenvalue weighted by molar-refractivity contribution is 5.99. The first-order valence-corrected chi connectivity index (χ1v) is 14.3. The van der Waals surface area contributed by atoms with E-state index in [4.69, 9.17) is 4.52 Å². The first kappa shape index (κ1) is 27.7. The van der Waals surface area contributed by atoms with E-state index in [1.807, 2.05) is 63.2 Å². The van der Waals surface area contributed by atoms with Crippen molar-refractivity contribution in [2.24, 2.45) is 5.92 Å². The molecule has 3 N–H and O–H groups in total. The van der Waals surface area contributed by atoms with Crippen LogP contribution in [0, 0.1) is 5.92 Å². The van der Waals surface area contributed by atoms with Gasteiger partial charge in [0.15, 0.2) is 11.5 Å². The summed E-state index contributed by atoms with van der Waals surface area (Å²) in [6.07, 6.45) is 5.47. The maximum absolute atomic E-state index is 13.2. The normalized spacial score (nSPS) is 20.1.